The first-order valence-electron chi connectivity index (χ1n) is 10.7. The van der Waals surface area contributed by atoms with Crippen LogP contribution in [0.25, 0.3) is 11.0 Å². The largest absolute Gasteiger partial charge is 0.476 e. The Labute approximate surface area is 185 Å². The average molecular weight is 432 g/mol. The van der Waals surface area contributed by atoms with Gasteiger partial charge in [0.1, 0.15) is 5.75 Å². The van der Waals surface area contributed by atoms with Gasteiger partial charge < -0.3 is 19.3 Å². The molecular formula is C24H24N4O4. The van der Waals surface area contributed by atoms with Crippen LogP contribution in [0.1, 0.15) is 21.7 Å². The molecule has 1 unspecified atom stereocenters. The lowest BCUT2D eigenvalue weighted by Crippen LogP contribution is -2.54. The molecule has 3 heterocycles. The molecule has 3 aromatic rings. The van der Waals surface area contributed by atoms with E-state index in [-0.39, 0.29) is 18.4 Å². The first-order chi connectivity index (χ1) is 15.5. The number of hydrogen-bond acceptors (Lipinski definition) is 6. The molecule has 2 aliphatic heterocycles. The molecule has 1 fully saturated rings. The third kappa shape index (κ3) is 3.67. The number of para-hydroxylation sites is 2. The summed E-state index contributed by atoms with van der Waals surface area (Å²) >= 11 is 0. The molecule has 0 radical (unpaired) electrons. The molecule has 2 aliphatic rings. The molecule has 1 atom stereocenters. The van der Waals surface area contributed by atoms with Gasteiger partial charge in [-0.05, 0) is 44.2 Å². The van der Waals surface area contributed by atoms with Crippen LogP contribution in [0.3, 0.4) is 0 Å². The highest BCUT2D eigenvalue weighted by Gasteiger charge is 2.36. The van der Waals surface area contributed by atoms with Crippen molar-refractivity contribution in [2.24, 2.45) is 0 Å². The number of carbonyl (C=O) groups excluding carboxylic acids is 2. The number of anilines is 1. The van der Waals surface area contributed by atoms with Crippen molar-refractivity contribution in [2.45, 2.75) is 20.0 Å². The minimum Gasteiger partial charge on any atom is -0.476 e. The van der Waals surface area contributed by atoms with Gasteiger partial charge in [-0.15, -0.1) is 0 Å². The van der Waals surface area contributed by atoms with Crippen LogP contribution in [0.4, 0.5) is 5.69 Å². The molecule has 32 heavy (non-hydrogen) atoms. The highest BCUT2D eigenvalue weighted by molar-refractivity contribution is 6.09. The number of amides is 2. The Balaban J connectivity index is 1.48. The molecule has 1 aromatic heterocycles. The zero-order chi connectivity index (χ0) is 22.2. The number of ether oxygens (including phenoxy) is 2. The minimum atomic E-state index is -0.767. The summed E-state index contributed by atoms with van der Waals surface area (Å²) < 4.78 is 11.4. The smallest absolute Gasteiger partial charge is 0.265 e. The molecule has 0 saturated carbocycles. The van der Waals surface area contributed by atoms with Crippen LogP contribution >= 0.6 is 0 Å². The molecule has 2 aromatic carbocycles. The van der Waals surface area contributed by atoms with E-state index in [9.17, 15) is 9.59 Å². The van der Waals surface area contributed by atoms with Gasteiger partial charge >= 0.3 is 0 Å². The Bertz CT molecular complexity index is 1210. The SMILES string of the molecule is Cc1nc2ccc(C(=O)N3CC(C(=O)N4CCOCC4)Oc4ccccc43)cc2nc1C. The molecule has 8 heteroatoms. The molecule has 1 saturated heterocycles. The van der Waals surface area contributed by atoms with E-state index in [1.807, 2.05) is 38.1 Å². The normalized spacial score (nSPS) is 18.2. The molecular weight excluding hydrogens is 408 g/mol. The van der Waals surface area contributed by atoms with Crippen molar-refractivity contribution < 1.29 is 19.1 Å². The van der Waals surface area contributed by atoms with Gasteiger partial charge in [0.05, 0.1) is 47.9 Å². The third-order valence-electron chi connectivity index (χ3n) is 5.94. The van der Waals surface area contributed by atoms with Crippen LogP contribution in [0.5, 0.6) is 5.75 Å². The van der Waals surface area contributed by atoms with Gasteiger partial charge in [0, 0.05) is 18.7 Å². The predicted molar refractivity (Wildman–Crippen MR) is 119 cm³/mol. The van der Waals surface area contributed by atoms with Crippen LogP contribution in [-0.2, 0) is 9.53 Å². The number of nitrogens with zero attached hydrogens (tertiary/aromatic N) is 4. The fraction of sp³-hybridized carbons (Fsp3) is 0.333. The molecule has 5 rings (SSSR count). The average Bonchev–Trinajstić information content (AvgIpc) is 2.83. The Hall–Kier alpha value is -3.52. The summed E-state index contributed by atoms with van der Waals surface area (Å²) in [6.07, 6.45) is -0.767. The number of benzene rings is 2. The van der Waals surface area contributed by atoms with E-state index in [0.29, 0.717) is 48.8 Å². The Morgan fingerprint density at radius 1 is 0.969 bits per heavy atom. The lowest BCUT2D eigenvalue weighted by molar-refractivity contribution is -0.142. The van der Waals surface area contributed by atoms with Crippen molar-refractivity contribution in [2.75, 3.05) is 37.7 Å². The van der Waals surface area contributed by atoms with Crippen LogP contribution < -0.4 is 9.64 Å². The molecule has 0 bridgehead atoms. The monoisotopic (exact) mass is 432 g/mol. The zero-order valence-corrected chi connectivity index (χ0v) is 18.1. The summed E-state index contributed by atoms with van der Waals surface area (Å²) in [5.41, 5.74) is 4.24. The topological polar surface area (TPSA) is 84.9 Å². The fourth-order valence-corrected chi connectivity index (χ4v) is 4.06. The van der Waals surface area contributed by atoms with Crippen molar-refractivity contribution in [1.29, 1.82) is 0 Å². The van der Waals surface area contributed by atoms with Gasteiger partial charge in [-0.1, -0.05) is 12.1 Å². The standard InChI is InChI=1S/C24H24N4O4/c1-15-16(2)26-19-13-17(7-8-18(19)25-15)23(29)28-14-22(24(30)27-9-11-31-12-10-27)32-21-6-4-3-5-20(21)28/h3-8,13,22H,9-12,14H2,1-2H3. The van der Waals surface area contributed by atoms with Gasteiger partial charge in [0.2, 0.25) is 0 Å². The Morgan fingerprint density at radius 2 is 1.69 bits per heavy atom. The van der Waals surface area contributed by atoms with Crippen LogP contribution in [0, 0.1) is 13.8 Å². The van der Waals surface area contributed by atoms with E-state index < -0.39 is 6.10 Å². The number of hydrogen-bond donors (Lipinski definition) is 0. The van der Waals surface area contributed by atoms with Crippen LogP contribution in [-0.4, -0.2) is 65.6 Å². The number of aromatic nitrogens is 2. The molecule has 0 aliphatic carbocycles. The summed E-state index contributed by atoms with van der Waals surface area (Å²) in [5.74, 6) is 0.185. The first kappa shape index (κ1) is 20.4. The maximum Gasteiger partial charge on any atom is 0.265 e. The highest BCUT2D eigenvalue weighted by Crippen LogP contribution is 2.34. The second-order valence-electron chi connectivity index (χ2n) is 8.03. The number of carbonyl (C=O) groups is 2. The Kier molecular flexibility index (Phi) is 5.22. The fourth-order valence-electron chi connectivity index (χ4n) is 4.06. The lowest BCUT2D eigenvalue weighted by atomic mass is 10.1. The summed E-state index contributed by atoms with van der Waals surface area (Å²) in [6, 6.07) is 12.6. The zero-order valence-electron chi connectivity index (χ0n) is 18.1. The van der Waals surface area contributed by atoms with E-state index >= 15 is 0 Å². The van der Waals surface area contributed by atoms with E-state index in [2.05, 4.69) is 9.97 Å². The van der Waals surface area contributed by atoms with Gasteiger partial charge in [-0.25, -0.2) is 9.97 Å². The second kappa shape index (κ2) is 8.20. The van der Waals surface area contributed by atoms with Crippen molar-refractivity contribution in [3.8, 4) is 5.75 Å². The summed E-state index contributed by atoms with van der Waals surface area (Å²) in [7, 11) is 0. The van der Waals surface area contributed by atoms with Crippen LogP contribution in [0.2, 0.25) is 0 Å². The third-order valence-corrected chi connectivity index (χ3v) is 5.94. The summed E-state index contributed by atoms with van der Waals surface area (Å²) in [4.78, 5) is 39.2. The quantitative estimate of drug-likeness (QED) is 0.619. The van der Waals surface area contributed by atoms with Gasteiger partial charge in [0.25, 0.3) is 11.8 Å². The number of morpholine rings is 1. The number of aryl methyl sites for hydroxylation is 2. The van der Waals surface area contributed by atoms with Gasteiger partial charge in [-0.2, -0.15) is 0 Å². The number of fused-ring (bicyclic) bond motifs is 2. The molecule has 2 amide bonds. The summed E-state index contributed by atoms with van der Waals surface area (Å²) in [6.45, 7) is 6.02. The summed E-state index contributed by atoms with van der Waals surface area (Å²) in [5, 5.41) is 0. The first-order valence-corrected chi connectivity index (χ1v) is 10.7. The van der Waals surface area contributed by atoms with E-state index in [1.54, 1.807) is 28.0 Å². The van der Waals surface area contributed by atoms with Crippen molar-refractivity contribution in [1.82, 2.24) is 14.9 Å². The van der Waals surface area contributed by atoms with E-state index in [0.717, 1.165) is 16.9 Å². The molecule has 0 spiro atoms. The maximum absolute atomic E-state index is 13.6. The lowest BCUT2D eigenvalue weighted by Gasteiger charge is -2.37. The minimum absolute atomic E-state index is 0.129. The van der Waals surface area contributed by atoms with Crippen LogP contribution in [0.15, 0.2) is 42.5 Å². The molecule has 0 N–H and O–H groups in total. The van der Waals surface area contributed by atoms with Gasteiger partial charge in [-0.3, -0.25) is 9.59 Å². The predicted octanol–water partition coefficient (Wildman–Crippen LogP) is 2.51. The Morgan fingerprint density at radius 3 is 2.47 bits per heavy atom. The van der Waals surface area contributed by atoms with E-state index in [4.69, 9.17) is 9.47 Å². The van der Waals surface area contributed by atoms with E-state index in [1.165, 1.54) is 0 Å². The van der Waals surface area contributed by atoms with Crippen molar-refractivity contribution in [3.63, 3.8) is 0 Å². The van der Waals surface area contributed by atoms with Gasteiger partial charge in [0.15, 0.2) is 6.10 Å². The molecule has 164 valence electrons. The second-order valence-corrected chi connectivity index (χ2v) is 8.03. The highest BCUT2D eigenvalue weighted by atomic mass is 16.5. The van der Waals surface area contributed by atoms with Crippen molar-refractivity contribution in [3.05, 3.63) is 59.4 Å². The maximum atomic E-state index is 13.6. The van der Waals surface area contributed by atoms with Crippen molar-refractivity contribution >= 4 is 28.5 Å². The molecule has 8 nitrogen and oxygen atoms in total. The number of rotatable bonds is 2.